The SMILES string of the molecule is C[C@H]1CCc2c(ccc(B3OC(C)(C)C(C)(C)O3)c2Oc2ccccc2)N1C(=O)C1CC1. The number of ether oxygens (including phenoxy) is 1. The molecule has 32 heavy (non-hydrogen) atoms. The molecule has 2 fully saturated rings. The van der Waals surface area contributed by atoms with Crippen LogP contribution in [0.4, 0.5) is 5.69 Å². The van der Waals surface area contributed by atoms with E-state index in [9.17, 15) is 4.79 Å². The Kier molecular flexibility index (Phi) is 5.14. The molecule has 2 aliphatic heterocycles. The molecule has 0 aromatic heterocycles. The summed E-state index contributed by atoms with van der Waals surface area (Å²) < 4.78 is 19.3. The van der Waals surface area contributed by atoms with Crippen molar-refractivity contribution in [2.24, 2.45) is 5.92 Å². The van der Waals surface area contributed by atoms with Crippen molar-refractivity contribution >= 4 is 24.2 Å². The van der Waals surface area contributed by atoms with E-state index in [2.05, 4.69) is 40.7 Å². The number of nitrogens with zero attached hydrogens (tertiary/aromatic N) is 1. The zero-order valence-corrected chi connectivity index (χ0v) is 19.7. The Hall–Kier alpha value is -2.31. The van der Waals surface area contributed by atoms with Crippen LogP contribution in [0.2, 0.25) is 0 Å². The second kappa shape index (κ2) is 7.63. The number of fused-ring (bicyclic) bond motifs is 1. The number of carbonyl (C=O) groups is 1. The molecule has 1 atom stereocenters. The Balaban J connectivity index is 1.61. The molecule has 0 radical (unpaired) electrons. The molecule has 1 aliphatic carbocycles. The molecular formula is C26H32BNO4. The minimum absolute atomic E-state index is 0.171. The first kappa shape index (κ1) is 21.5. The number of para-hydroxylation sites is 1. The molecule has 1 saturated heterocycles. The van der Waals surface area contributed by atoms with E-state index in [0.717, 1.165) is 53.9 Å². The van der Waals surface area contributed by atoms with Crippen LogP contribution in [0.1, 0.15) is 59.4 Å². The monoisotopic (exact) mass is 433 g/mol. The van der Waals surface area contributed by atoms with Crippen molar-refractivity contribution in [2.45, 2.75) is 77.5 Å². The van der Waals surface area contributed by atoms with E-state index < -0.39 is 18.3 Å². The lowest BCUT2D eigenvalue weighted by Gasteiger charge is -2.37. The fourth-order valence-corrected chi connectivity index (χ4v) is 4.57. The average molecular weight is 433 g/mol. The minimum atomic E-state index is -0.532. The van der Waals surface area contributed by atoms with Gasteiger partial charge in [0.15, 0.2) is 0 Å². The number of amides is 1. The van der Waals surface area contributed by atoms with Gasteiger partial charge in [0.25, 0.3) is 0 Å². The lowest BCUT2D eigenvalue weighted by Crippen LogP contribution is -2.44. The zero-order valence-electron chi connectivity index (χ0n) is 19.7. The Morgan fingerprint density at radius 1 is 1.00 bits per heavy atom. The van der Waals surface area contributed by atoms with Crippen LogP contribution in [0, 0.1) is 5.92 Å². The van der Waals surface area contributed by atoms with E-state index in [1.807, 2.05) is 41.3 Å². The normalized spacial score (nSPS) is 23.7. The fourth-order valence-electron chi connectivity index (χ4n) is 4.57. The third-order valence-electron chi connectivity index (χ3n) is 7.41. The van der Waals surface area contributed by atoms with Crippen molar-refractivity contribution in [1.29, 1.82) is 0 Å². The highest BCUT2D eigenvalue weighted by Crippen LogP contribution is 2.43. The molecule has 2 aromatic carbocycles. The number of hydrogen-bond donors (Lipinski definition) is 0. The van der Waals surface area contributed by atoms with Crippen LogP contribution in [0.3, 0.4) is 0 Å². The Labute approximate surface area is 191 Å². The topological polar surface area (TPSA) is 48.0 Å². The van der Waals surface area contributed by atoms with Gasteiger partial charge < -0.3 is 18.9 Å². The van der Waals surface area contributed by atoms with Crippen molar-refractivity contribution in [1.82, 2.24) is 0 Å². The number of rotatable bonds is 4. The smallest absolute Gasteiger partial charge is 0.457 e. The van der Waals surface area contributed by atoms with Gasteiger partial charge in [-0.2, -0.15) is 0 Å². The molecule has 6 heteroatoms. The summed E-state index contributed by atoms with van der Waals surface area (Å²) in [5.41, 5.74) is 2.01. The number of carbonyl (C=O) groups excluding carboxylic acids is 1. The standard InChI is InChI=1S/C26H32BNO4/c1-17-11-14-20-22(28(17)24(29)18-12-13-18)16-15-21(23(20)30-19-9-7-6-8-10-19)27-31-25(2,3)26(4,5)32-27/h6-10,15-18H,11-14H2,1-5H3/t17-/m0/s1. The maximum atomic E-state index is 13.2. The van der Waals surface area contributed by atoms with Crippen molar-refractivity contribution in [3.05, 3.63) is 48.0 Å². The summed E-state index contributed by atoms with van der Waals surface area (Å²) in [6, 6.07) is 14.1. The van der Waals surface area contributed by atoms with Gasteiger partial charge in [-0.25, -0.2) is 0 Å². The quantitative estimate of drug-likeness (QED) is 0.647. The molecular weight excluding hydrogens is 401 g/mol. The summed E-state index contributed by atoms with van der Waals surface area (Å²) in [4.78, 5) is 15.2. The van der Waals surface area contributed by atoms with Crippen LogP contribution in [-0.4, -0.2) is 30.3 Å². The largest absolute Gasteiger partial charge is 0.498 e. The Bertz CT molecular complexity index is 1020. The number of anilines is 1. The first-order valence-corrected chi connectivity index (χ1v) is 11.8. The molecule has 1 amide bonds. The van der Waals surface area contributed by atoms with Gasteiger partial charge >= 0.3 is 7.12 Å². The lowest BCUT2D eigenvalue weighted by atomic mass is 9.76. The van der Waals surface area contributed by atoms with Crippen LogP contribution in [0.15, 0.2) is 42.5 Å². The molecule has 168 valence electrons. The average Bonchev–Trinajstić information content (AvgIpc) is 3.55. The molecule has 2 aromatic rings. The third kappa shape index (κ3) is 3.63. The van der Waals surface area contributed by atoms with Crippen molar-refractivity contribution in [2.75, 3.05) is 4.90 Å². The van der Waals surface area contributed by atoms with Gasteiger partial charge in [0.2, 0.25) is 5.91 Å². The van der Waals surface area contributed by atoms with Crippen LogP contribution in [-0.2, 0) is 20.5 Å². The lowest BCUT2D eigenvalue weighted by molar-refractivity contribution is -0.120. The van der Waals surface area contributed by atoms with E-state index in [1.165, 1.54) is 0 Å². The van der Waals surface area contributed by atoms with E-state index in [1.54, 1.807) is 0 Å². The van der Waals surface area contributed by atoms with Gasteiger partial charge in [-0.1, -0.05) is 24.3 Å². The Morgan fingerprint density at radius 3 is 2.28 bits per heavy atom. The first-order chi connectivity index (χ1) is 15.2. The van der Waals surface area contributed by atoms with E-state index in [-0.39, 0.29) is 17.9 Å². The summed E-state index contributed by atoms with van der Waals surface area (Å²) in [5.74, 6) is 1.93. The minimum Gasteiger partial charge on any atom is -0.457 e. The van der Waals surface area contributed by atoms with Crippen molar-refractivity contribution < 1.29 is 18.8 Å². The summed E-state index contributed by atoms with van der Waals surface area (Å²) >= 11 is 0. The highest BCUT2D eigenvalue weighted by molar-refractivity contribution is 6.63. The second-order valence-corrected chi connectivity index (χ2v) is 10.4. The highest BCUT2D eigenvalue weighted by Gasteiger charge is 2.53. The summed E-state index contributed by atoms with van der Waals surface area (Å²) in [7, 11) is -0.532. The van der Waals surface area contributed by atoms with Crippen LogP contribution < -0.4 is 15.1 Å². The molecule has 3 aliphatic rings. The van der Waals surface area contributed by atoms with Gasteiger partial charge in [0, 0.05) is 23.0 Å². The summed E-state index contributed by atoms with van der Waals surface area (Å²) in [5, 5.41) is 0. The van der Waals surface area contributed by atoms with Crippen LogP contribution in [0.25, 0.3) is 0 Å². The van der Waals surface area contributed by atoms with Gasteiger partial charge in [0.05, 0.1) is 16.9 Å². The first-order valence-electron chi connectivity index (χ1n) is 11.8. The summed E-state index contributed by atoms with van der Waals surface area (Å²) in [6.07, 6.45) is 3.75. The van der Waals surface area contributed by atoms with E-state index in [0.29, 0.717) is 0 Å². The molecule has 0 N–H and O–H groups in total. The molecule has 1 saturated carbocycles. The van der Waals surface area contributed by atoms with Crippen molar-refractivity contribution in [3.63, 3.8) is 0 Å². The molecule has 2 heterocycles. The van der Waals surface area contributed by atoms with E-state index in [4.69, 9.17) is 14.0 Å². The summed E-state index contributed by atoms with van der Waals surface area (Å²) in [6.45, 7) is 10.4. The predicted octanol–water partition coefficient (Wildman–Crippen LogP) is 4.86. The molecule has 5 rings (SSSR count). The Morgan fingerprint density at radius 2 is 1.66 bits per heavy atom. The van der Waals surface area contributed by atoms with Gasteiger partial charge in [0.1, 0.15) is 11.5 Å². The molecule has 0 spiro atoms. The second-order valence-electron chi connectivity index (χ2n) is 10.4. The predicted molar refractivity (Wildman–Crippen MR) is 127 cm³/mol. The highest BCUT2D eigenvalue weighted by atomic mass is 16.7. The number of hydrogen-bond acceptors (Lipinski definition) is 4. The van der Waals surface area contributed by atoms with E-state index >= 15 is 0 Å². The van der Waals surface area contributed by atoms with Crippen LogP contribution in [0.5, 0.6) is 11.5 Å². The van der Waals surface area contributed by atoms with Crippen molar-refractivity contribution in [3.8, 4) is 11.5 Å². The molecule has 0 unspecified atom stereocenters. The third-order valence-corrected chi connectivity index (χ3v) is 7.41. The van der Waals surface area contributed by atoms with Gasteiger partial charge in [-0.05, 0) is 78.5 Å². The zero-order chi connectivity index (χ0) is 22.7. The molecule has 0 bridgehead atoms. The van der Waals surface area contributed by atoms with Gasteiger partial charge in [-0.15, -0.1) is 0 Å². The maximum Gasteiger partial charge on any atom is 0.498 e. The van der Waals surface area contributed by atoms with Gasteiger partial charge in [-0.3, -0.25) is 4.79 Å². The number of benzene rings is 2. The maximum absolute atomic E-state index is 13.2. The van der Waals surface area contributed by atoms with Crippen LogP contribution >= 0.6 is 0 Å². The molecule has 5 nitrogen and oxygen atoms in total. The fraction of sp³-hybridized carbons (Fsp3) is 0.500.